The average molecular weight is 583 g/mol. The number of hydrogen-bond donors (Lipinski definition) is 1. The van der Waals surface area contributed by atoms with Crippen molar-refractivity contribution in [2.45, 2.75) is 60.6 Å². The molecule has 1 aliphatic carbocycles. The van der Waals surface area contributed by atoms with Crippen LogP contribution in [0, 0.1) is 5.41 Å². The van der Waals surface area contributed by atoms with E-state index < -0.39 is 11.4 Å². The quantitative estimate of drug-likeness (QED) is 0.261. The molecule has 5 aromatic rings. The third-order valence-corrected chi connectivity index (χ3v) is 11.2. The summed E-state index contributed by atoms with van der Waals surface area (Å²) in [6.07, 6.45) is 10.7. The van der Waals surface area contributed by atoms with Gasteiger partial charge < -0.3 is 9.45 Å². The molecule has 1 aliphatic heterocycles. The van der Waals surface area contributed by atoms with E-state index in [9.17, 15) is 4.55 Å². The van der Waals surface area contributed by atoms with E-state index in [1.807, 2.05) is 63.8 Å². The zero-order chi connectivity index (χ0) is 28.2. The maximum absolute atomic E-state index is 13.4. The summed E-state index contributed by atoms with van der Waals surface area (Å²) in [7, 11) is 0. The van der Waals surface area contributed by atoms with Crippen LogP contribution >= 0.6 is 11.8 Å². The van der Waals surface area contributed by atoms with Crippen molar-refractivity contribution in [1.29, 1.82) is 0 Å². The summed E-state index contributed by atoms with van der Waals surface area (Å²) in [6.45, 7) is 7.72. The number of hydrogen-bond acceptors (Lipinski definition) is 7. The summed E-state index contributed by atoms with van der Waals surface area (Å²) in [5.74, 6) is 0.875. The molecule has 9 heteroatoms. The van der Waals surface area contributed by atoms with Gasteiger partial charge in [0, 0.05) is 64.9 Å². The number of imidazole rings is 1. The summed E-state index contributed by atoms with van der Waals surface area (Å²) in [4.78, 5) is 18.7. The van der Waals surface area contributed by atoms with E-state index in [2.05, 4.69) is 55.4 Å². The van der Waals surface area contributed by atoms with Crippen molar-refractivity contribution in [2.24, 2.45) is 5.41 Å². The van der Waals surface area contributed by atoms with Crippen LogP contribution in [0.3, 0.4) is 0 Å². The van der Waals surface area contributed by atoms with Crippen LogP contribution in [-0.4, -0.2) is 47.8 Å². The maximum Gasteiger partial charge on any atom is 0.211 e. The van der Waals surface area contributed by atoms with Crippen molar-refractivity contribution in [3.8, 4) is 0 Å². The van der Waals surface area contributed by atoms with Gasteiger partial charge in [-0.1, -0.05) is 54.2 Å². The molecule has 2 atom stereocenters. The molecule has 1 N–H and O–H groups in total. The fourth-order valence-corrected chi connectivity index (χ4v) is 8.23. The third-order valence-electron chi connectivity index (χ3n) is 8.52. The fraction of sp³-hybridized carbons (Fsp3) is 0.344. The van der Waals surface area contributed by atoms with Gasteiger partial charge in [0.1, 0.15) is 4.75 Å². The Morgan fingerprint density at radius 2 is 1.71 bits per heavy atom. The maximum atomic E-state index is 13.4. The first-order valence-electron chi connectivity index (χ1n) is 14.1. The van der Waals surface area contributed by atoms with Gasteiger partial charge in [0.05, 0.1) is 16.5 Å². The van der Waals surface area contributed by atoms with E-state index in [1.54, 1.807) is 11.8 Å². The van der Waals surface area contributed by atoms with E-state index in [0.717, 1.165) is 64.6 Å². The van der Waals surface area contributed by atoms with Gasteiger partial charge in [0.15, 0.2) is 5.65 Å². The lowest BCUT2D eigenvalue weighted by atomic mass is 9.72. The molecule has 3 aromatic heterocycles. The van der Waals surface area contributed by atoms with Gasteiger partial charge in [-0.2, -0.15) is 0 Å². The van der Waals surface area contributed by atoms with Gasteiger partial charge >= 0.3 is 0 Å². The first kappa shape index (κ1) is 26.8. The van der Waals surface area contributed by atoms with Crippen LogP contribution in [-0.2, 0) is 24.2 Å². The molecule has 7 nitrogen and oxygen atoms in total. The molecule has 0 radical (unpaired) electrons. The summed E-state index contributed by atoms with van der Waals surface area (Å²) in [5, 5.41) is 1.12. The average Bonchev–Trinajstić information content (AvgIpc) is 3.60. The number of aromatic nitrogens is 4. The highest BCUT2D eigenvalue weighted by molar-refractivity contribution is 7.99. The minimum atomic E-state index is -1.18. The van der Waals surface area contributed by atoms with Gasteiger partial charge in [0.2, 0.25) is 5.95 Å². The van der Waals surface area contributed by atoms with Gasteiger partial charge in [-0.05, 0) is 63.3 Å². The Kier molecular flexibility index (Phi) is 6.73. The smallest absolute Gasteiger partial charge is 0.211 e. The molecule has 2 aromatic carbocycles. The summed E-state index contributed by atoms with van der Waals surface area (Å²) in [5.41, 5.74) is 4.75. The topological polar surface area (TPSA) is 81.4 Å². The van der Waals surface area contributed by atoms with Crippen LogP contribution in [0.2, 0.25) is 0 Å². The normalized spacial score (nSPS) is 19.2. The fourth-order valence-electron chi connectivity index (χ4n) is 6.30. The molecule has 0 amide bonds. The molecule has 2 aliphatic rings. The Bertz CT molecular complexity index is 1700. The lowest BCUT2D eigenvalue weighted by Gasteiger charge is -2.46. The minimum absolute atomic E-state index is 0.0351. The Morgan fingerprint density at radius 3 is 2.49 bits per heavy atom. The van der Waals surface area contributed by atoms with E-state index in [4.69, 9.17) is 9.97 Å². The van der Waals surface area contributed by atoms with Crippen molar-refractivity contribution in [3.05, 3.63) is 90.5 Å². The van der Waals surface area contributed by atoms with E-state index in [1.165, 1.54) is 11.1 Å². The Hall–Kier alpha value is -3.11. The molecule has 0 saturated carbocycles. The zero-order valence-corrected chi connectivity index (χ0v) is 25.2. The lowest BCUT2D eigenvalue weighted by molar-refractivity contribution is 0.179. The molecule has 0 bridgehead atoms. The molecule has 7 rings (SSSR count). The van der Waals surface area contributed by atoms with E-state index in [-0.39, 0.29) is 16.2 Å². The highest BCUT2D eigenvalue weighted by atomic mass is 32.2. The monoisotopic (exact) mass is 582 g/mol. The first-order chi connectivity index (χ1) is 19.8. The van der Waals surface area contributed by atoms with E-state index in [0.29, 0.717) is 0 Å². The number of anilines is 1. The van der Waals surface area contributed by atoms with Crippen molar-refractivity contribution in [1.82, 2.24) is 24.1 Å². The van der Waals surface area contributed by atoms with Gasteiger partial charge in [-0.3, -0.25) is 9.38 Å². The van der Waals surface area contributed by atoms with Crippen LogP contribution in [0.25, 0.3) is 16.6 Å². The number of pyridine rings is 1. The van der Waals surface area contributed by atoms with Crippen LogP contribution in [0.15, 0.2) is 89.2 Å². The molecule has 4 heterocycles. The molecule has 210 valence electrons. The summed E-state index contributed by atoms with van der Waals surface area (Å²) < 4.78 is 18.8. The number of rotatable bonds is 5. The van der Waals surface area contributed by atoms with Gasteiger partial charge in [-0.15, -0.1) is 4.72 Å². The van der Waals surface area contributed by atoms with Crippen LogP contribution in [0.5, 0.6) is 0 Å². The second-order valence-corrected chi connectivity index (χ2v) is 15.3. The number of nitrogens with zero attached hydrogens (tertiary/aromatic N) is 5. The molecule has 1 saturated heterocycles. The number of benzene rings is 2. The van der Waals surface area contributed by atoms with E-state index >= 15 is 0 Å². The van der Waals surface area contributed by atoms with Crippen molar-refractivity contribution < 1.29 is 4.55 Å². The number of nitrogens with one attached hydrogen (secondary N) is 1. The lowest BCUT2D eigenvalue weighted by Crippen LogP contribution is -2.61. The van der Waals surface area contributed by atoms with Crippen LogP contribution in [0.4, 0.5) is 5.95 Å². The predicted molar refractivity (Wildman–Crippen MR) is 167 cm³/mol. The SMILES string of the molecule is CC(C)(C)[S@@+]([O-])NC1CN(c2ncc(Sc3ccnc4ccccc34)c3nccn23)CCC12Cc1ccccc1C2. The van der Waals surface area contributed by atoms with Gasteiger partial charge in [-0.25, -0.2) is 9.97 Å². The Morgan fingerprint density at radius 1 is 0.951 bits per heavy atom. The molecule has 41 heavy (non-hydrogen) atoms. The Balaban J connectivity index is 1.20. The van der Waals surface area contributed by atoms with Crippen molar-refractivity contribution >= 4 is 45.6 Å². The molecule has 1 fully saturated rings. The molecular weight excluding hydrogens is 549 g/mol. The van der Waals surface area contributed by atoms with Crippen molar-refractivity contribution in [2.75, 3.05) is 18.0 Å². The Labute approximate surface area is 248 Å². The van der Waals surface area contributed by atoms with Crippen molar-refractivity contribution in [3.63, 3.8) is 0 Å². The molecular formula is C32H34N6OS2. The number of fused-ring (bicyclic) bond motifs is 3. The predicted octanol–water partition coefficient (Wildman–Crippen LogP) is 5.84. The van der Waals surface area contributed by atoms with Crippen LogP contribution < -0.4 is 9.62 Å². The highest BCUT2D eigenvalue weighted by Gasteiger charge is 2.50. The third kappa shape index (κ3) is 4.88. The summed E-state index contributed by atoms with van der Waals surface area (Å²) >= 11 is 0.494. The molecule has 1 spiro atoms. The number of piperidine rings is 1. The van der Waals surface area contributed by atoms with Crippen LogP contribution in [0.1, 0.15) is 38.3 Å². The first-order valence-corrected chi connectivity index (χ1v) is 16.1. The molecule has 1 unspecified atom stereocenters. The second kappa shape index (κ2) is 10.3. The second-order valence-electron chi connectivity index (χ2n) is 12.2. The largest absolute Gasteiger partial charge is 0.598 e. The standard InChI is InChI=1S/C32H34N6OS2/c1-31(2,3)41(39)36-28-21-37(16-13-32(28)18-22-8-4-5-9-23(22)19-32)30-35-20-27(29-34-15-17-38(29)30)40-26-12-14-33-25-11-7-6-10-24(25)26/h4-12,14-15,17,20,28,36H,13,16,18-19,21H2,1-3H3/t28?,41-/m1/s1. The van der Waals surface area contributed by atoms with Gasteiger partial charge in [0.25, 0.3) is 0 Å². The highest BCUT2D eigenvalue weighted by Crippen LogP contribution is 2.46. The number of para-hydroxylation sites is 1. The minimum Gasteiger partial charge on any atom is -0.598 e. The summed E-state index contributed by atoms with van der Waals surface area (Å²) in [6, 6.07) is 19.1. The zero-order valence-electron chi connectivity index (χ0n) is 23.6.